The van der Waals surface area contributed by atoms with Crippen LogP contribution in [0.15, 0.2) is 24.3 Å². The molecule has 3 rings (SSSR count). The summed E-state index contributed by atoms with van der Waals surface area (Å²) in [5, 5.41) is 8.76. The van der Waals surface area contributed by atoms with E-state index in [9.17, 15) is 4.79 Å². The average Bonchev–Trinajstić information content (AvgIpc) is 3.00. The third kappa shape index (κ3) is 4.01. The smallest absolute Gasteiger partial charge is 0.326 e. The lowest BCUT2D eigenvalue weighted by molar-refractivity contribution is 0.262. The lowest BCUT2D eigenvalue weighted by atomic mass is 10.1. The van der Waals surface area contributed by atoms with Crippen LogP contribution in [0, 0.1) is 6.92 Å². The van der Waals surface area contributed by atoms with Gasteiger partial charge in [-0.15, -0.1) is 0 Å². The molecule has 6 heteroatoms. The summed E-state index contributed by atoms with van der Waals surface area (Å²) in [6.07, 6.45) is 4.41. The van der Waals surface area contributed by atoms with Crippen LogP contribution in [0.3, 0.4) is 0 Å². The molecule has 0 saturated heterocycles. The summed E-state index contributed by atoms with van der Waals surface area (Å²) < 4.78 is 0. The molecule has 0 radical (unpaired) electrons. The van der Waals surface area contributed by atoms with E-state index < -0.39 is 0 Å². The fourth-order valence-electron chi connectivity index (χ4n) is 2.88. The van der Waals surface area contributed by atoms with Gasteiger partial charge in [-0.3, -0.25) is 5.32 Å². The number of nitrogens with one attached hydrogen (secondary N) is 3. The van der Waals surface area contributed by atoms with E-state index in [0.717, 1.165) is 43.0 Å². The van der Waals surface area contributed by atoms with Crippen molar-refractivity contribution in [1.82, 2.24) is 9.97 Å². The number of aromatic nitrogens is 2. The van der Waals surface area contributed by atoms with Crippen molar-refractivity contribution in [3.8, 4) is 0 Å². The van der Waals surface area contributed by atoms with Gasteiger partial charge in [0.15, 0.2) is 0 Å². The Morgan fingerprint density at radius 1 is 1.12 bits per heavy atom. The van der Waals surface area contributed by atoms with E-state index in [1.165, 1.54) is 17.5 Å². The van der Waals surface area contributed by atoms with Crippen molar-refractivity contribution in [1.29, 1.82) is 0 Å². The number of nitrogens with zero attached hydrogens (tertiary/aromatic N) is 2. The highest BCUT2D eigenvalue weighted by Crippen LogP contribution is 2.24. The summed E-state index contributed by atoms with van der Waals surface area (Å²) in [5.41, 5.74) is 4.31. The summed E-state index contributed by atoms with van der Waals surface area (Å²) >= 11 is 0. The van der Waals surface area contributed by atoms with E-state index in [1.807, 2.05) is 25.1 Å². The molecule has 0 saturated carbocycles. The number of carbonyl (C=O) groups excluding carboxylic acids is 1. The lowest BCUT2D eigenvalue weighted by Gasteiger charge is -2.10. The van der Waals surface area contributed by atoms with Crippen LogP contribution in [0.4, 0.5) is 22.2 Å². The summed E-state index contributed by atoms with van der Waals surface area (Å²) in [7, 11) is 0. The Kier molecular flexibility index (Phi) is 4.93. The zero-order valence-corrected chi connectivity index (χ0v) is 14.1. The minimum absolute atomic E-state index is 0.298. The average molecular weight is 325 g/mol. The van der Waals surface area contributed by atoms with Gasteiger partial charge in [-0.25, -0.2) is 9.78 Å². The predicted octanol–water partition coefficient (Wildman–Crippen LogP) is 3.74. The number of carbonyl (C=O) groups is 1. The number of anilines is 3. The Bertz CT molecular complexity index is 744. The third-order valence-corrected chi connectivity index (χ3v) is 3.99. The molecular weight excluding hydrogens is 302 g/mol. The van der Waals surface area contributed by atoms with Gasteiger partial charge in [-0.05, 0) is 55.9 Å². The Balaban J connectivity index is 1.65. The van der Waals surface area contributed by atoms with E-state index in [2.05, 4.69) is 38.9 Å². The molecule has 1 aliphatic carbocycles. The standard InChI is InChI=1S/C18H23N5O/c1-3-9-19-16-10-12(2)20-17(22-16)23-18(24)21-15-8-7-13-5-4-6-14(13)11-15/h7-8,10-11H,3-6,9H2,1-2H3,(H3,19,20,21,22,23,24). The molecule has 0 aliphatic heterocycles. The maximum absolute atomic E-state index is 12.2. The summed E-state index contributed by atoms with van der Waals surface area (Å²) in [4.78, 5) is 20.8. The van der Waals surface area contributed by atoms with Crippen LogP contribution >= 0.6 is 0 Å². The topological polar surface area (TPSA) is 78.9 Å². The number of fused-ring (bicyclic) bond motifs is 1. The molecule has 24 heavy (non-hydrogen) atoms. The van der Waals surface area contributed by atoms with Crippen molar-refractivity contribution in [2.75, 3.05) is 22.5 Å². The zero-order chi connectivity index (χ0) is 16.9. The van der Waals surface area contributed by atoms with Gasteiger partial charge < -0.3 is 10.6 Å². The number of urea groups is 1. The molecule has 0 unspecified atom stereocenters. The van der Waals surface area contributed by atoms with Gasteiger partial charge in [0, 0.05) is 24.0 Å². The minimum atomic E-state index is -0.333. The van der Waals surface area contributed by atoms with Crippen molar-refractivity contribution < 1.29 is 4.79 Å². The van der Waals surface area contributed by atoms with Gasteiger partial charge in [0.25, 0.3) is 0 Å². The second-order valence-electron chi connectivity index (χ2n) is 6.06. The molecule has 1 aromatic carbocycles. The molecule has 6 nitrogen and oxygen atoms in total. The maximum atomic E-state index is 12.2. The molecule has 0 spiro atoms. The number of aryl methyl sites for hydroxylation is 3. The number of hydrogen-bond donors (Lipinski definition) is 3. The molecule has 2 aromatic rings. The molecule has 1 heterocycles. The number of benzene rings is 1. The minimum Gasteiger partial charge on any atom is -0.370 e. The van der Waals surface area contributed by atoms with Gasteiger partial charge in [0.1, 0.15) is 5.82 Å². The van der Waals surface area contributed by atoms with Gasteiger partial charge in [0.2, 0.25) is 5.95 Å². The van der Waals surface area contributed by atoms with Crippen molar-refractivity contribution in [3.05, 3.63) is 41.1 Å². The van der Waals surface area contributed by atoms with Gasteiger partial charge in [-0.2, -0.15) is 4.98 Å². The summed E-state index contributed by atoms with van der Waals surface area (Å²) in [6.45, 7) is 4.80. The van der Waals surface area contributed by atoms with Crippen molar-refractivity contribution in [2.45, 2.75) is 39.5 Å². The second kappa shape index (κ2) is 7.29. The van der Waals surface area contributed by atoms with Crippen LogP contribution in [-0.2, 0) is 12.8 Å². The number of hydrogen-bond acceptors (Lipinski definition) is 4. The fourth-order valence-corrected chi connectivity index (χ4v) is 2.88. The summed E-state index contributed by atoms with van der Waals surface area (Å²) in [5.74, 6) is 1.02. The van der Waals surface area contributed by atoms with E-state index in [1.54, 1.807) is 0 Å². The molecule has 1 aliphatic rings. The van der Waals surface area contributed by atoms with Crippen molar-refractivity contribution in [3.63, 3.8) is 0 Å². The monoisotopic (exact) mass is 325 g/mol. The van der Waals surface area contributed by atoms with E-state index in [0.29, 0.717) is 5.95 Å². The van der Waals surface area contributed by atoms with E-state index in [4.69, 9.17) is 0 Å². The Labute approximate surface area is 142 Å². The molecule has 0 atom stereocenters. The van der Waals surface area contributed by atoms with Crippen LogP contribution in [0.25, 0.3) is 0 Å². The number of amides is 2. The molecule has 126 valence electrons. The highest BCUT2D eigenvalue weighted by molar-refractivity contribution is 5.98. The lowest BCUT2D eigenvalue weighted by Crippen LogP contribution is -2.21. The van der Waals surface area contributed by atoms with E-state index in [-0.39, 0.29) is 6.03 Å². The Morgan fingerprint density at radius 3 is 2.79 bits per heavy atom. The molecule has 1 aromatic heterocycles. The van der Waals surface area contributed by atoms with Gasteiger partial charge in [0.05, 0.1) is 0 Å². The first kappa shape index (κ1) is 16.2. The van der Waals surface area contributed by atoms with Crippen LogP contribution in [-0.4, -0.2) is 22.5 Å². The third-order valence-electron chi connectivity index (χ3n) is 3.99. The van der Waals surface area contributed by atoms with Crippen molar-refractivity contribution >= 4 is 23.5 Å². The van der Waals surface area contributed by atoms with E-state index >= 15 is 0 Å². The van der Waals surface area contributed by atoms with Gasteiger partial charge >= 0.3 is 6.03 Å². The predicted molar refractivity (Wildman–Crippen MR) is 96.7 cm³/mol. The van der Waals surface area contributed by atoms with Crippen LogP contribution in [0.5, 0.6) is 0 Å². The molecule has 3 N–H and O–H groups in total. The van der Waals surface area contributed by atoms with Gasteiger partial charge in [-0.1, -0.05) is 13.0 Å². The highest BCUT2D eigenvalue weighted by atomic mass is 16.2. The Hall–Kier alpha value is -2.63. The Morgan fingerprint density at radius 2 is 1.96 bits per heavy atom. The second-order valence-corrected chi connectivity index (χ2v) is 6.06. The molecule has 2 amide bonds. The normalized spacial score (nSPS) is 12.6. The SMILES string of the molecule is CCCNc1cc(C)nc(NC(=O)Nc2ccc3c(c2)CCC3)n1. The largest absolute Gasteiger partial charge is 0.370 e. The molecule has 0 bridgehead atoms. The number of rotatable bonds is 5. The van der Waals surface area contributed by atoms with Crippen LogP contribution < -0.4 is 16.0 Å². The summed E-state index contributed by atoms with van der Waals surface area (Å²) in [6, 6.07) is 7.61. The molecule has 0 fully saturated rings. The quantitative estimate of drug-likeness (QED) is 0.782. The maximum Gasteiger partial charge on any atom is 0.326 e. The zero-order valence-electron chi connectivity index (χ0n) is 14.1. The van der Waals surface area contributed by atoms with Crippen LogP contribution in [0.2, 0.25) is 0 Å². The first-order chi connectivity index (χ1) is 11.6. The van der Waals surface area contributed by atoms with Crippen LogP contribution in [0.1, 0.15) is 36.6 Å². The van der Waals surface area contributed by atoms with Crippen molar-refractivity contribution in [2.24, 2.45) is 0 Å². The molecular formula is C18H23N5O. The fraction of sp³-hybridized carbons (Fsp3) is 0.389. The first-order valence-corrected chi connectivity index (χ1v) is 8.43. The highest BCUT2D eigenvalue weighted by Gasteiger charge is 2.12. The first-order valence-electron chi connectivity index (χ1n) is 8.43.